The second kappa shape index (κ2) is 10.2. The third-order valence-electron chi connectivity index (χ3n) is 5.40. The van der Waals surface area contributed by atoms with Gasteiger partial charge in [0.25, 0.3) is 0 Å². The first-order valence-electron chi connectivity index (χ1n) is 10.3. The zero-order valence-corrected chi connectivity index (χ0v) is 17.8. The molecule has 1 unspecified atom stereocenters. The third-order valence-corrected chi connectivity index (χ3v) is 5.40. The lowest BCUT2D eigenvalue weighted by Crippen LogP contribution is -2.42. The van der Waals surface area contributed by atoms with Gasteiger partial charge in [0.2, 0.25) is 5.91 Å². The molecule has 2 aliphatic rings. The minimum absolute atomic E-state index is 0.0422. The number of hydrogen-bond acceptors (Lipinski definition) is 6. The Bertz CT molecular complexity index is 921. The van der Waals surface area contributed by atoms with Gasteiger partial charge in [0.15, 0.2) is 0 Å². The second-order valence-electron chi connectivity index (χ2n) is 7.58. The highest BCUT2D eigenvalue weighted by Gasteiger charge is 2.26. The minimum Gasteiger partial charge on any atom is -0.393 e. The van der Waals surface area contributed by atoms with Crippen LogP contribution in [0.1, 0.15) is 25.3 Å². The Hall–Kier alpha value is -3.20. The van der Waals surface area contributed by atoms with Gasteiger partial charge in [0.05, 0.1) is 19.2 Å². The number of ether oxygens (including phenoxy) is 1. The van der Waals surface area contributed by atoms with Crippen LogP contribution >= 0.6 is 0 Å². The van der Waals surface area contributed by atoms with Gasteiger partial charge in [0, 0.05) is 74.1 Å². The van der Waals surface area contributed by atoms with Gasteiger partial charge in [-0.05, 0) is 24.6 Å². The van der Waals surface area contributed by atoms with Crippen molar-refractivity contribution < 1.29 is 13.9 Å². The largest absolute Gasteiger partial charge is 0.393 e. The van der Waals surface area contributed by atoms with Gasteiger partial charge >= 0.3 is 0 Å². The molecule has 1 amide bonds. The summed E-state index contributed by atoms with van der Waals surface area (Å²) in [4.78, 5) is 13.6. The van der Waals surface area contributed by atoms with Crippen molar-refractivity contribution in [3.8, 4) is 0 Å². The summed E-state index contributed by atoms with van der Waals surface area (Å²) in [6, 6.07) is 4.74. The first kappa shape index (κ1) is 22.5. The minimum atomic E-state index is -0.493. The Labute approximate surface area is 181 Å². The Kier molecular flexibility index (Phi) is 7.41. The molecule has 2 heterocycles. The van der Waals surface area contributed by atoms with E-state index in [1.807, 2.05) is 0 Å². The number of halogens is 1. The molecular weight excluding hydrogens is 399 g/mol. The number of carbonyl (C=O) groups excluding carboxylic acids is 1. The fraction of sp³-hybridized carbons (Fsp3) is 0.409. The molecule has 9 heteroatoms. The van der Waals surface area contributed by atoms with Gasteiger partial charge in [0.1, 0.15) is 11.7 Å². The van der Waals surface area contributed by atoms with Crippen LogP contribution in [0.4, 0.5) is 10.1 Å². The second-order valence-corrected chi connectivity index (χ2v) is 7.58. The van der Waals surface area contributed by atoms with E-state index in [4.69, 9.17) is 15.6 Å². The Morgan fingerprint density at radius 1 is 1.39 bits per heavy atom. The quantitative estimate of drug-likeness (QED) is 0.338. The molecule has 1 aromatic carbocycles. The first-order chi connectivity index (χ1) is 14.9. The zero-order valence-electron chi connectivity index (χ0n) is 17.8. The van der Waals surface area contributed by atoms with E-state index in [-0.39, 0.29) is 17.8 Å². The van der Waals surface area contributed by atoms with E-state index in [0.717, 1.165) is 18.3 Å². The maximum atomic E-state index is 14.6. The molecule has 0 radical (unpaired) electrons. The molecule has 0 aliphatic carbocycles. The molecule has 5 N–H and O–H groups in total. The molecule has 31 heavy (non-hydrogen) atoms. The average molecular weight is 429 g/mol. The van der Waals surface area contributed by atoms with Crippen molar-refractivity contribution in [3.05, 3.63) is 47.0 Å². The smallest absolute Gasteiger partial charge is 0.219 e. The predicted molar refractivity (Wildman–Crippen MR) is 120 cm³/mol. The highest BCUT2D eigenvalue weighted by atomic mass is 19.1. The number of nitrogens with zero attached hydrogens (tertiary/aromatic N) is 1. The molecule has 2 aliphatic heterocycles. The summed E-state index contributed by atoms with van der Waals surface area (Å²) >= 11 is 0. The number of anilines is 1. The topological polar surface area (TPSA) is 113 Å². The molecule has 0 aromatic heterocycles. The van der Waals surface area contributed by atoms with Crippen LogP contribution in [-0.2, 0) is 9.53 Å². The van der Waals surface area contributed by atoms with E-state index in [1.54, 1.807) is 30.3 Å². The monoisotopic (exact) mass is 428 g/mol. The molecule has 166 valence electrons. The van der Waals surface area contributed by atoms with Crippen LogP contribution in [0.5, 0.6) is 0 Å². The Morgan fingerprint density at radius 2 is 2.19 bits per heavy atom. The molecule has 1 aromatic rings. The van der Waals surface area contributed by atoms with Gasteiger partial charge in [-0.15, -0.1) is 0 Å². The molecule has 8 nitrogen and oxygen atoms in total. The van der Waals surface area contributed by atoms with E-state index >= 15 is 0 Å². The molecule has 1 saturated heterocycles. The van der Waals surface area contributed by atoms with Crippen LogP contribution in [0.25, 0.3) is 5.57 Å². The predicted octanol–water partition coefficient (Wildman–Crippen LogP) is 2.31. The van der Waals surface area contributed by atoms with Crippen molar-refractivity contribution in [2.75, 3.05) is 38.7 Å². The van der Waals surface area contributed by atoms with Crippen LogP contribution in [0.15, 0.2) is 35.7 Å². The van der Waals surface area contributed by atoms with E-state index in [0.29, 0.717) is 55.1 Å². The summed E-state index contributed by atoms with van der Waals surface area (Å²) in [5, 5.41) is 25.3. The molecule has 0 spiro atoms. The summed E-state index contributed by atoms with van der Waals surface area (Å²) in [6.07, 6.45) is 4.16. The molecule has 3 rings (SSSR count). The molecular formula is C22H29FN6O2. The van der Waals surface area contributed by atoms with E-state index in [9.17, 15) is 9.18 Å². The lowest BCUT2D eigenvalue weighted by molar-refractivity contribution is -0.128. The zero-order chi connectivity index (χ0) is 22.4. The molecule has 1 fully saturated rings. The van der Waals surface area contributed by atoms with Crippen molar-refractivity contribution in [2.24, 2.45) is 0 Å². The number of hydrogen-bond donors (Lipinski definition) is 5. The van der Waals surface area contributed by atoms with Crippen molar-refractivity contribution in [1.82, 2.24) is 15.5 Å². The summed E-state index contributed by atoms with van der Waals surface area (Å²) in [6.45, 7) is 3.76. The van der Waals surface area contributed by atoms with E-state index in [1.165, 1.54) is 13.0 Å². The number of nitrogens with one attached hydrogen (secondary N) is 5. The average Bonchev–Trinajstić information content (AvgIpc) is 3.25. The summed E-state index contributed by atoms with van der Waals surface area (Å²) in [5.41, 5.74) is 2.75. The van der Waals surface area contributed by atoms with Crippen LogP contribution in [0.3, 0.4) is 0 Å². The number of amidine groups is 1. The number of benzene rings is 1. The van der Waals surface area contributed by atoms with Crippen LogP contribution in [-0.4, -0.2) is 62.3 Å². The number of rotatable bonds is 7. The van der Waals surface area contributed by atoms with Crippen molar-refractivity contribution in [1.29, 1.82) is 10.8 Å². The van der Waals surface area contributed by atoms with Gasteiger partial charge in [-0.1, -0.05) is 0 Å². The number of carbonyl (C=O) groups is 1. The Balaban J connectivity index is 1.81. The molecule has 0 bridgehead atoms. The fourth-order valence-corrected chi connectivity index (χ4v) is 3.72. The van der Waals surface area contributed by atoms with Crippen LogP contribution in [0.2, 0.25) is 0 Å². The van der Waals surface area contributed by atoms with E-state index in [2.05, 4.69) is 16.0 Å². The molecule has 0 saturated carbocycles. The number of allylic oxidation sites excluding steroid dienone is 1. The van der Waals surface area contributed by atoms with E-state index < -0.39 is 5.82 Å². The summed E-state index contributed by atoms with van der Waals surface area (Å²) in [5.74, 6) is -0.413. The highest BCUT2D eigenvalue weighted by Crippen LogP contribution is 2.23. The van der Waals surface area contributed by atoms with Gasteiger partial charge < -0.3 is 31.0 Å². The first-order valence-corrected chi connectivity index (χ1v) is 10.3. The summed E-state index contributed by atoms with van der Waals surface area (Å²) in [7, 11) is 1.68. The maximum absolute atomic E-state index is 14.6. The lowest BCUT2D eigenvalue weighted by atomic mass is 10.0. The maximum Gasteiger partial charge on any atom is 0.219 e. The lowest BCUT2D eigenvalue weighted by Gasteiger charge is -2.32. The standard InChI is InChI=1S/C22H29FN6O2/c1-14(30)29-7-5-21(27-17-6-8-31-13-17)19(12-29)22(25)28-16-3-4-18(20(23)9-16)15(10-24)11-26-2/h3-4,9-11,17,24,26-27H,5-8,12-13H2,1-2H3,(H2,25,28)/b15-11+,24-10?. The Morgan fingerprint density at radius 3 is 2.81 bits per heavy atom. The molecule has 1 atom stereocenters. The highest BCUT2D eigenvalue weighted by molar-refractivity contribution is 6.09. The number of amides is 1. The fourth-order valence-electron chi connectivity index (χ4n) is 3.72. The van der Waals surface area contributed by atoms with Crippen molar-refractivity contribution in [3.63, 3.8) is 0 Å². The van der Waals surface area contributed by atoms with Gasteiger partial charge in [-0.25, -0.2) is 4.39 Å². The van der Waals surface area contributed by atoms with Gasteiger partial charge in [-0.3, -0.25) is 10.2 Å². The van der Waals surface area contributed by atoms with Crippen LogP contribution < -0.4 is 16.0 Å². The van der Waals surface area contributed by atoms with Crippen molar-refractivity contribution >= 4 is 29.2 Å². The van der Waals surface area contributed by atoms with Crippen molar-refractivity contribution in [2.45, 2.75) is 25.8 Å². The van der Waals surface area contributed by atoms with Crippen LogP contribution in [0, 0.1) is 16.6 Å². The third kappa shape index (κ3) is 5.49. The van der Waals surface area contributed by atoms with Gasteiger partial charge in [-0.2, -0.15) is 0 Å². The summed E-state index contributed by atoms with van der Waals surface area (Å²) < 4.78 is 20.1. The SMILES string of the molecule is CN/C=C(\C=N)c1ccc(NC(=N)C2=C(NC3CCOC3)CCN(C(C)=O)C2)cc1F. The normalized spacial score (nSPS) is 19.3.